The van der Waals surface area contributed by atoms with Gasteiger partial charge >= 0.3 is 0 Å². The summed E-state index contributed by atoms with van der Waals surface area (Å²) in [6.45, 7) is 8.30. The highest BCUT2D eigenvalue weighted by Gasteiger charge is 2.18. The zero-order valence-corrected chi connectivity index (χ0v) is 12.3. The van der Waals surface area contributed by atoms with Crippen molar-refractivity contribution in [1.29, 1.82) is 0 Å². The molecule has 1 aliphatic rings. The Labute approximate surface area is 117 Å². The highest BCUT2D eigenvalue weighted by molar-refractivity contribution is 5.14. The number of likely N-dealkylation sites (tertiary alicyclic amines) is 1. The van der Waals surface area contributed by atoms with Gasteiger partial charge in [-0.15, -0.1) is 0 Å². The lowest BCUT2D eigenvalue weighted by Crippen LogP contribution is -2.33. The molecule has 2 rings (SSSR count). The van der Waals surface area contributed by atoms with Crippen LogP contribution < -0.4 is 5.32 Å². The molecule has 0 amide bonds. The van der Waals surface area contributed by atoms with Gasteiger partial charge in [-0.1, -0.05) is 6.92 Å². The molecule has 1 aromatic heterocycles. The van der Waals surface area contributed by atoms with Crippen LogP contribution in [-0.4, -0.2) is 35.6 Å². The molecule has 3 heteroatoms. The Balaban J connectivity index is 1.83. The van der Waals surface area contributed by atoms with Crippen molar-refractivity contribution >= 4 is 0 Å². The molecule has 1 N–H and O–H groups in total. The zero-order valence-electron chi connectivity index (χ0n) is 12.3. The minimum absolute atomic E-state index is 0.422. The van der Waals surface area contributed by atoms with E-state index in [1.165, 1.54) is 50.9 Å². The molecule has 1 aromatic rings. The molecule has 2 atom stereocenters. The number of nitrogens with one attached hydrogen (secondary N) is 1. The lowest BCUT2D eigenvalue weighted by molar-refractivity contribution is 0.281. The van der Waals surface area contributed by atoms with Gasteiger partial charge in [-0.3, -0.25) is 4.98 Å². The summed E-state index contributed by atoms with van der Waals surface area (Å²) >= 11 is 0. The van der Waals surface area contributed by atoms with Crippen molar-refractivity contribution in [2.45, 2.75) is 51.6 Å². The average molecular weight is 261 g/mol. The average Bonchev–Trinajstić information content (AvgIpc) is 2.66. The number of hydrogen-bond donors (Lipinski definition) is 1. The topological polar surface area (TPSA) is 28.2 Å². The molecule has 0 spiro atoms. The molecule has 1 saturated heterocycles. The van der Waals surface area contributed by atoms with Crippen molar-refractivity contribution in [2.75, 3.05) is 19.6 Å². The van der Waals surface area contributed by atoms with E-state index in [1.54, 1.807) is 0 Å². The van der Waals surface area contributed by atoms with Gasteiger partial charge < -0.3 is 10.2 Å². The van der Waals surface area contributed by atoms with Gasteiger partial charge in [0.25, 0.3) is 0 Å². The second kappa shape index (κ2) is 7.61. The van der Waals surface area contributed by atoms with E-state index in [0.29, 0.717) is 12.1 Å². The fourth-order valence-corrected chi connectivity index (χ4v) is 2.96. The van der Waals surface area contributed by atoms with Crippen molar-refractivity contribution in [3.05, 3.63) is 30.1 Å². The predicted molar refractivity (Wildman–Crippen MR) is 80.2 cm³/mol. The molecule has 106 valence electrons. The largest absolute Gasteiger partial charge is 0.307 e. The fourth-order valence-electron chi connectivity index (χ4n) is 2.96. The van der Waals surface area contributed by atoms with Crippen LogP contribution in [0.4, 0.5) is 0 Å². The zero-order chi connectivity index (χ0) is 13.5. The summed E-state index contributed by atoms with van der Waals surface area (Å²) in [5.41, 5.74) is 1.34. The second-order valence-corrected chi connectivity index (χ2v) is 5.64. The standard InChI is InChI=1S/C16H27N3/c1-3-11-19-12-4-5-16(8-13-19)18-14(2)15-6-9-17-10-7-15/h6-7,9-10,14,16,18H,3-5,8,11-13H2,1-2H3/t14-,16?/m1/s1. The Morgan fingerprint density at radius 1 is 1.32 bits per heavy atom. The van der Waals surface area contributed by atoms with E-state index in [2.05, 4.69) is 41.2 Å². The summed E-state index contributed by atoms with van der Waals surface area (Å²) in [7, 11) is 0. The molecule has 0 aliphatic carbocycles. The van der Waals surface area contributed by atoms with Crippen molar-refractivity contribution in [3.63, 3.8) is 0 Å². The van der Waals surface area contributed by atoms with Gasteiger partial charge in [0, 0.05) is 24.5 Å². The summed E-state index contributed by atoms with van der Waals surface area (Å²) in [4.78, 5) is 6.70. The Morgan fingerprint density at radius 2 is 2.11 bits per heavy atom. The lowest BCUT2D eigenvalue weighted by Gasteiger charge is -2.23. The monoisotopic (exact) mass is 261 g/mol. The van der Waals surface area contributed by atoms with E-state index in [4.69, 9.17) is 0 Å². The van der Waals surface area contributed by atoms with Crippen LogP contribution in [0, 0.1) is 0 Å². The van der Waals surface area contributed by atoms with E-state index in [1.807, 2.05) is 12.4 Å². The van der Waals surface area contributed by atoms with Crippen LogP contribution in [0.15, 0.2) is 24.5 Å². The molecular formula is C16H27N3. The van der Waals surface area contributed by atoms with Crippen LogP contribution in [-0.2, 0) is 0 Å². The number of pyridine rings is 1. The lowest BCUT2D eigenvalue weighted by atomic mass is 10.1. The van der Waals surface area contributed by atoms with E-state index in [9.17, 15) is 0 Å². The first-order valence-corrected chi connectivity index (χ1v) is 7.68. The van der Waals surface area contributed by atoms with Crippen LogP contribution in [0.25, 0.3) is 0 Å². The summed E-state index contributed by atoms with van der Waals surface area (Å²) in [5.74, 6) is 0. The summed E-state index contributed by atoms with van der Waals surface area (Å²) in [6.07, 6.45) is 8.92. The fraction of sp³-hybridized carbons (Fsp3) is 0.688. The molecule has 1 unspecified atom stereocenters. The van der Waals surface area contributed by atoms with Gasteiger partial charge in [0.05, 0.1) is 0 Å². The maximum atomic E-state index is 4.09. The maximum Gasteiger partial charge on any atom is 0.0295 e. The Hall–Kier alpha value is -0.930. The molecule has 0 radical (unpaired) electrons. The van der Waals surface area contributed by atoms with Crippen LogP contribution in [0.2, 0.25) is 0 Å². The molecule has 3 nitrogen and oxygen atoms in total. The van der Waals surface area contributed by atoms with Gasteiger partial charge in [-0.25, -0.2) is 0 Å². The Morgan fingerprint density at radius 3 is 2.84 bits per heavy atom. The molecule has 1 aliphatic heterocycles. The Bertz CT molecular complexity index is 352. The molecule has 0 saturated carbocycles. The van der Waals surface area contributed by atoms with Gasteiger partial charge in [0.1, 0.15) is 0 Å². The van der Waals surface area contributed by atoms with Crippen molar-refractivity contribution in [3.8, 4) is 0 Å². The SMILES string of the molecule is CCCN1CCCC(N[C@H](C)c2ccncc2)CC1. The van der Waals surface area contributed by atoms with Crippen molar-refractivity contribution < 1.29 is 0 Å². The van der Waals surface area contributed by atoms with Gasteiger partial charge in [-0.05, 0) is 69.9 Å². The molecule has 1 fully saturated rings. The summed E-state index contributed by atoms with van der Waals surface area (Å²) < 4.78 is 0. The molecular weight excluding hydrogens is 234 g/mol. The van der Waals surface area contributed by atoms with Crippen LogP contribution in [0.5, 0.6) is 0 Å². The van der Waals surface area contributed by atoms with Crippen LogP contribution in [0.3, 0.4) is 0 Å². The first-order valence-electron chi connectivity index (χ1n) is 7.68. The summed E-state index contributed by atoms with van der Waals surface area (Å²) in [6, 6.07) is 5.30. The number of hydrogen-bond acceptors (Lipinski definition) is 3. The number of aromatic nitrogens is 1. The molecule has 0 bridgehead atoms. The maximum absolute atomic E-state index is 4.09. The highest BCUT2D eigenvalue weighted by Crippen LogP contribution is 2.17. The smallest absolute Gasteiger partial charge is 0.0295 e. The summed E-state index contributed by atoms with van der Waals surface area (Å²) in [5, 5.41) is 3.78. The third kappa shape index (κ3) is 4.59. The Kier molecular flexibility index (Phi) is 5.80. The third-order valence-electron chi connectivity index (χ3n) is 4.05. The van der Waals surface area contributed by atoms with E-state index < -0.39 is 0 Å². The number of nitrogens with zero attached hydrogens (tertiary/aromatic N) is 2. The van der Waals surface area contributed by atoms with E-state index >= 15 is 0 Å². The van der Waals surface area contributed by atoms with Crippen LogP contribution in [0.1, 0.15) is 51.1 Å². The first kappa shape index (κ1) is 14.5. The normalized spacial score (nSPS) is 22.9. The number of rotatable bonds is 5. The van der Waals surface area contributed by atoms with Crippen LogP contribution >= 0.6 is 0 Å². The third-order valence-corrected chi connectivity index (χ3v) is 4.05. The molecule has 0 aromatic carbocycles. The quantitative estimate of drug-likeness (QED) is 0.883. The van der Waals surface area contributed by atoms with E-state index in [0.717, 1.165) is 0 Å². The van der Waals surface area contributed by atoms with Gasteiger partial charge in [0.15, 0.2) is 0 Å². The van der Waals surface area contributed by atoms with Crippen molar-refractivity contribution in [2.24, 2.45) is 0 Å². The minimum Gasteiger partial charge on any atom is -0.307 e. The van der Waals surface area contributed by atoms with Gasteiger partial charge in [-0.2, -0.15) is 0 Å². The molecule has 19 heavy (non-hydrogen) atoms. The first-order chi connectivity index (χ1) is 9.29. The highest BCUT2D eigenvalue weighted by atomic mass is 15.1. The van der Waals surface area contributed by atoms with E-state index in [-0.39, 0.29) is 0 Å². The minimum atomic E-state index is 0.422. The van der Waals surface area contributed by atoms with Gasteiger partial charge in [0.2, 0.25) is 0 Å². The second-order valence-electron chi connectivity index (χ2n) is 5.64. The van der Waals surface area contributed by atoms with Crippen molar-refractivity contribution in [1.82, 2.24) is 15.2 Å². The molecule has 2 heterocycles. The predicted octanol–water partition coefficient (Wildman–Crippen LogP) is 3.00.